The first-order valence-electron chi connectivity index (χ1n) is 6.28. The van der Waals surface area contributed by atoms with Gasteiger partial charge in [0.1, 0.15) is 0 Å². The molecule has 0 aromatic carbocycles. The summed E-state index contributed by atoms with van der Waals surface area (Å²) in [7, 11) is 0. The van der Waals surface area contributed by atoms with Crippen LogP contribution in [0.4, 0.5) is 0 Å². The molecule has 0 heterocycles. The van der Waals surface area contributed by atoms with E-state index >= 15 is 0 Å². The van der Waals surface area contributed by atoms with Gasteiger partial charge < -0.3 is 9.84 Å². The topological polar surface area (TPSA) is 29.5 Å². The molecule has 15 heavy (non-hydrogen) atoms. The summed E-state index contributed by atoms with van der Waals surface area (Å²) in [6.45, 7) is 11.2. The first kappa shape index (κ1) is 14.9. The van der Waals surface area contributed by atoms with E-state index in [0.29, 0.717) is 6.61 Å². The lowest BCUT2D eigenvalue weighted by molar-refractivity contribution is -0.113. The number of rotatable bonds is 8. The number of ether oxygens (including phenoxy) is 1. The van der Waals surface area contributed by atoms with Crippen LogP contribution < -0.4 is 0 Å². The molecule has 0 rings (SSSR count). The molecule has 0 amide bonds. The fourth-order valence-corrected chi connectivity index (χ4v) is 1.79. The molecular weight excluding hydrogens is 188 g/mol. The quantitative estimate of drug-likeness (QED) is 0.674. The maximum absolute atomic E-state index is 10.1. The van der Waals surface area contributed by atoms with Crippen molar-refractivity contribution in [3.8, 4) is 0 Å². The van der Waals surface area contributed by atoms with Gasteiger partial charge in [-0.3, -0.25) is 0 Å². The summed E-state index contributed by atoms with van der Waals surface area (Å²) in [5, 5.41) is 10.1. The molecule has 0 saturated carbocycles. The molecule has 0 aliphatic heterocycles. The number of hydrogen-bond acceptors (Lipinski definition) is 2. The Morgan fingerprint density at radius 2 is 1.80 bits per heavy atom. The molecule has 2 nitrogen and oxygen atoms in total. The van der Waals surface area contributed by atoms with E-state index in [1.165, 1.54) is 6.42 Å². The van der Waals surface area contributed by atoms with Crippen molar-refractivity contribution in [2.45, 2.75) is 72.0 Å². The Bertz CT molecular complexity index is 157. The van der Waals surface area contributed by atoms with Gasteiger partial charge in [-0.05, 0) is 32.6 Å². The maximum atomic E-state index is 10.1. The first-order valence-corrected chi connectivity index (χ1v) is 6.28. The predicted octanol–water partition coefficient (Wildman–Crippen LogP) is 3.38. The van der Waals surface area contributed by atoms with Gasteiger partial charge in [-0.1, -0.05) is 33.6 Å². The Hall–Kier alpha value is -0.0800. The average molecular weight is 216 g/mol. The zero-order valence-corrected chi connectivity index (χ0v) is 11.0. The van der Waals surface area contributed by atoms with E-state index in [-0.39, 0.29) is 11.7 Å². The SMILES string of the molecule is CCOC(C)(CC)C(O)CCCC(C)C. The van der Waals surface area contributed by atoms with Crippen LogP contribution in [0.15, 0.2) is 0 Å². The van der Waals surface area contributed by atoms with Gasteiger partial charge in [0.25, 0.3) is 0 Å². The van der Waals surface area contributed by atoms with Crippen LogP contribution in [-0.4, -0.2) is 23.4 Å². The second-order valence-corrected chi connectivity index (χ2v) is 4.94. The first-order chi connectivity index (χ1) is 6.96. The Morgan fingerprint density at radius 1 is 1.20 bits per heavy atom. The van der Waals surface area contributed by atoms with Gasteiger partial charge in [-0.25, -0.2) is 0 Å². The van der Waals surface area contributed by atoms with Gasteiger partial charge in [-0.15, -0.1) is 0 Å². The molecule has 0 radical (unpaired) electrons. The molecule has 0 aromatic rings. The minimum Gasteiger partial charge on any atom is -0.390 e. The molecule has 1 N–H and O–H groups in total. The fourth-order valence-electron chi connectivity index (χ4n) is 1.79. The van der Waals surface area contributed by atoms with Crippen molar-refractivity contribution in [3.05, 3.63) is 0 Å². The van der Waals surface area contributed by atoms with Crippen LogP contribution in [0.1, 0.15) is 60.3 Å². The predicted molar refractivity (Wildman–Crippen MR) is 65.0 cm³/mol. The zero-order valence-electron chi connectivity index (χ0n) is 11.0. The van der Waals surface area contributed by atoms with Crippen molar-refractivity contribution in [1.29, 1.82) is 0 Å². The molecule has 0 aromatic heterocycles. The van der Waals surface area contributed by atoms with Crippen molar-refractivity contribution in [2.75, 3.05) is 6.61 Å². The number of aliphatic hydroxyl groups excluding tert-OH is 1. The molecule has 2 atom stereocenters. The van der Waals surface area contributed by atoms with Gasteiger partial charge in [0.15, 0.2) is 0 Å². The molecule has 0 aliphatic rings. The molecular formula is C13H28O2. The van der Waals surface area contributed by atoms with Crippen molar-refractivity contribution < 1.29 is 9.84 Å². The molecule has 0 spiro atoms. The van der Waals surface area contributed by atoms with E-state index in [2.05, 4.69) is 20.8 Å². The Labute approximate surface area is 95.0 Å². The van der Waals surface area contributed by atoms with Gasteiger partial charge in [0, 0.05) is 6.61 Å². The third-order valence-corrected chi connectivity index (χ3v) is 3.14. The molecule has 0 bridgehead atoms. The highest BCUT2D eigenvalue weighted by atomic mass is 16.5. The third-order valence-electron chi connectivity index (χ3n) is 3.14. The van der Waals surface area contributed by atoms with Crippen LogP contribution in [0.3, 0.4) is 0 Å². The summed E-state index contributed by atoms with van der Waals surface area (Å²) in [4.78, 5) is 0. The van der Waals surface area contributed by atoms with Crippen molar-refractivity contribution in [2.24, 2.45) is 5.92 Å². The standard InChI is InChI=1S/C13H28O2/c1-6-13(5,15-7-2)12(14)10-8-9-11(3)4/h11-12,14H,6-10H2,1-5H3. The summed E-state index contributed by atoms with van der Waals surface area (Å²) in [5.74, 6) is 0.720. The second-order valence-electron chi connectivity index (χ2n) is 4.94. The number of aliphatic hydroxyl groups is 1. The minimum atomic E-state index is -0.355. The van der Waals surface area contributed by atoms with Crippen LogP contribution in [0, 0.1) is 5.92 Å². The van der Waals surface area contributed by atoms with Crippen LogP contribution in [-0.2, 0) is 4.74 Å². The Morgan fingerprint density at radius 3 is 2.20 bits per heavy atom. The summed E-state index contributed by atoms with van der Waals surface area (Å²) >= 11 is 0. The summed E-state index contributed by atoms with van der Waals surface area (Å²) in [5.41, 5.74) is -0.355. The second kappa shape index (κ2) is 7.24. The van der Waals surface area contributed by atoms with E-state index in [0.717, 1.165) is 25.2 Å². The van der Waals surface area contributed by atoms with Crippen LogP contribution >= 0.6 is 0 Å². The Kier molecular flexibility index (Phi) is 7.20. The van der Waals surface area contributed by atoms with Gasteiger partial charge in [-0.2, -0.15) is 0 Å². The molecule has 2 unspecified atom stereocenters. The van der Waals surface area contributed by atoms with Crippen molar-refractivity contribution in [3.63, 3.8) is 0 Å². The monoisotopic (exact) mass is 216 g/mol. The van der Waals surface area contributed by atoms with E-state index in [9.17, 15) is 5.11 Å². The lowest BCUT2D eigenvalue weighted by Gasteiger charge is -2.33. The van der Waals surface area contributed by atoms with Crippen molar-refractivity contribution >= 4 is 0 Å². The summed E-state index contributed by atoms with van der Waals surface area (Å²) in [6, 6.07) is 0. The highest BCUT2D eigenvalue weighted by Crippen LogP contribution is 2.24. The zero-order chi connectivity index (χ0) is 11.9. The van der Waals surface area contributed by atoms with E-state index in [1.54, 1.807) is 0 Å². The van der Waals surface area contributed by atoms with Crippen LogP contribution in [0.5, 0.6) is 0 Å². The minimum absolute atomic E-state index is 0.332. The maximum Gasteiger partial charge on any atom is 0.0909 e. The largest absolute Gasteiger partial charge is 0.390 e. The molecule has 0 saturated heterocycles. The Balaban J connectivity index is 3.98. The van der Waals surface area contributed by atoms with Gasteiger partial charge in [0.05, 0.1) is 11.7 Å². The van der Waals surface area contributed by atoms with Crippen LogP contribution in [0.2, 0.25) is 0 Å². The highest BCUT2D eigenvalue weighted by Gasteiger charge is 2.31. The lowest BCUT2D eigenvalue weighted by Crippen LogP contribution is -2.41. The van der Waals surface area contributed by atoms with Gasteiger partial charge >= 0.3 is 0 Å². The van der Waals surface area contributed by atoms with E-state index < -0.39 is 0 Å². The van der Waals surface area contributed by atoms with E-state index in [1.807, 2.05) is 13.8 Å². The van der Waals surface area contributed by atoms with E-state index in [4.69, 9.17) is 4.74 Å². The molecule has 0 aliphatic carbocycles. The normalized spacial score (nSPS) is 17.8. The average Bonchev–Trinajstić information content (AvgIpc) is 2.17. The third kappa shape index (κ3) is 5.53. The molecule has 92 valence electrons. The molecule has 0 fully saturated rings. The lowest BCUT2D eigenvalue weighted by atomic mass is 9.91. The van der Waals surface area contributed by atoms with Crippen LogP contribution in [0.25, 0.3) is 0 Å². The smallest absolute Gasteiger partial charge is 0.0909 e. The number of hydrogen-bond donors (Lipinski definition) is 1. The highest BCUT2D eigenvalue weighted by molar-refractivity contribution is 4.82. The molecule has 2 heteroatoms. The van der Waals surface area contributed by atoms with Gasteiger partial charge in [0.2, 0.25) is 0 Å². The fraction of sp³-hybridized carbons (Fsp3) is 1.00. The summed E-state index contributed by atoms with van der Waals surface area (Å²) in [6.07, 6.45) is 3.65. The van der Waals surface area contributed by atoms with Crippen molar-refractivity contribution in [1.82, 2.24) is 0 Å². The summed E-state index contributed by atoms with van der Waals surface area (Å²) < 4.78 is 5.65.